The van der Waals surface area contributed by atoms with Crippen LogP contribution in [0.3, 0.4) is 0 Å². The molecule has 2 aromatic carbocycles. The number of allylic oxidation sites excluding steroid dienone is 2. The van der Waals surface area contributed by atoms with Gasteiger partial charge in [-0.05, 0) is 29.8 Å². The number of methoxy groups -OCH3 is 1. The number of nitriles is 1. The van der Waals surface area contributed by atoms with Crippen LogP contribution in [0.2, 0.25) is 0 Å². The predicted octanol–water partition coefficient (Wildman–Crippen LogP) is 2.89. The van der Waals surface area contributed by atoms with Crippen molar-refractivity contribution in [2.24, 2.45) is 0 Å². The molecule has 132 valence electrons. The Labute approximate surface area is 151 Å². The maximum absolute atomic E-state index is 12.1. The van der Waals surface area contributed by atoms with Gasteiger partial charge in [-0.3, -0.25) is 4.79 Å². The largest absolute Gasteiger partial charge is 0.508 e. The van der Waals surface area contributed by atoms with Crippen LogP contribution in [0.4, 0.5) is 0 Å². The van der Waals surface area contributed by atoms with E-state index < -0.39 is 5.91 Å². The zero-order valence-electron chi connectivity index (χ0n) is 14.1. The lowest BCUT2D eigenvalue weighted by Crippen LogP contribution is -2.24. The maximum atomic E-state index is 12.1. The monoisotopic (exact) mass is 350 g/mol. The summed E-state index contributed by atoms with van der Waals surface area (Å²) >= 11 is 0. The van der Waals surface area contributed by atoms with Crippen molar-refractivity contribution in [3.05, 3.63) is 71.3 Å². The van der Waals surface area contributed by atoms with E-state index in [-0.39, 0.29) is 23.6 Å². The van der Waals surface area contributed by atoms with E-state index in [4.69, 9.17) is 10.00 Å². The van der Waals surface area contributed by atoms with Crippen LogP contribution in [0.1, 0.15) is 11.1 Å². The standard InChI is InChI=1S/C20H18N2O4/c1-26-19-8-3-2-6-16(19)13-22-20(25)15(12-21)7-4-5-14-9-17(23)11-18(24)10-14/h2-11,23-24H,13H2,1H3,(H,22,25). The van der Waals surface area contributed by atoms with Crippen LogP contribution < -0.4 is 10.1 Å². The molecule has 6 nitrogen and oxygen atoms in total. The number of nitrogens with one attached hydrogen (secondary N) is 1. The molecule has 2 rings (SSSR count). The van der Waals surface area contributed by atoms with Crippen LogP contribution in [-0.4, -0.2) is 23.2 Å². The maximum Gasteiger partial charge on any atom is 0.262 e. The number of amides is 1. The molecule has 0 aliphatic rings. The van der Waals surface area contributed by atoms with Crippen molar-refractivity contribution in [2.75, 3.05) is 7.11 Å². The third-order valence-corrected chi connectivity index (χ3v) is 3.47. The van der Waals surface area contributed by atoms with Gasteiger partial charge in [0.15, 0.2) is 0 Å². The van der Waals surface area contributed by atoms with Crippen molar-refractivity contribution in [1.29, 1.82) is 5.26 Å². The van der Waals surface area contributed by atoms with Crippen LogP contribution in [0.25, 0.3) is 6.08 Å². The Balaban J connectivity index is 2.04. The van der Waals surface area contributed by atoms with E-state index in [0.29, 0.717) is 11.3 Å². The molecule has 0 unspecified atom stereocenters. The van der Waals surface area contributed by atoms with E-state index in [9.17, 15) is 15.0 Å². The van der Waals surface area contributed by atoms with Gasteiger partial charge in [-0.25, -0.2) is 0 Å². The van der Waals surface area contributed by atoms with Gasteiger partial charge >= 0.3 is 0 Å². The smallest absolute Gasteiger partial charge is 0.262 e. The average Bonchev–Trinajstić information content (AvgIpc) is 2.62. The van der Waals surface area contributed by atoms with Gasteiger partial charge in [0.25, 0.3) is 5.91 Å². The molecule has 2 aromatic rings. The normalized spacial score (nSPS) is 11.2. The lowest BCUT2D eigenvalue weighted by molar-refractivity contribution is -0.117. The molecular formula is C20H18N2O4. The molecule has 0 aliphatic heterocycles. The number of nitrogens with zero attached hydrogens (tertiary/aromatic N) is 1. The number of carbonyl (C=O) groups excluding carboxylic acids is 1. The highest BCUT2D eigenvalue weighted by molar-refractivity contribution is 5.97. The number of benzene rings is 2. The number of ether oxygens (including phenoxy) is 1. The van der Waals surface area contributed by atoms with Gasteiger partial charge in [-0.15, -0.1) is 0 Å². The molecule has 0 aliphatic carbocycles. The van der Waals surface area contributed by atoms with Crippen molar-refractivity contribution in [1.82, 2.24) is 5.32 Å². The molecule has 1 amide bonds. The molecule has 0 spiro atoms. The van der Waals surface area contributed by atoms with E-state index >= 15 is 0 Å². The summed E-state index contributed by atoms with van der Waals surface area (Å²) in [6, 6.07) is 13.2. The SMILES string of the molecule is COc1ccccc1CNC(=O)C(C#N)=CC=Cc1cc(O)cc(O)c1. The van der Waals surface area contributed by atoms with Crippen LogP contribution in [0.5, 0.6) is 17.2 Å². The Morgan fingerprint density at radius 2 is 1.92 bits per heavy atom. The minimum atomic E-state index is -0.512. The Kier molecular flexibility index (Phi) is 6.40. The molecule has 0 saturated carbocycles. The van der Waals surface area contributed by atoms with Crippen molar-refractivity contribution >= 4 is 12.0 Å². The summed E-state index contributed by atoms with van der Waals surface area (Å²) in [6.07, 6.45) is 4.42. The zero-order chi connectivity index (χ0) is 18.9. The number of hydrogen-bond donors (Lipinski definition) is 3. The minimum Gasteiger partial charge on any atom is -0.508 e. The lowest BCUT2D eigenvalue weighted by Gasteiger charge is -2.08. The van der Waals surface area contributed by atoms with Gasteiger partial charge in [-0.1, -0.05) is 30.4 Å². The van der Waals surface area contributed by atoms with Crippen molar-refractivity contribution in [3.8, 4) is 23.3 Å². The highest BCUT2D eigenvalue weighted by atomic mass is 16.5. The average molecular weight is 350 g/mol. The summed E-state index contributed by atoms with van der Waals surface area (Å²) in [5, 5.41) is 30.7. The number of phenols is 2. The molecule has 0 saturated heterocycles. The second-order valence-corrected chi connectivity index (χ2v) is 5.33. The number of carbonyl (C=O) groups is 1. The number of para-hydroxylation sites is 1. The van der Waals surface area contributed by atoms with Gasteiger partial charge in [0.05, 0.1) is 7.11 Å². The van der Waals surface area contributed by atoms with Gasteiger partial charge in [0.2, 0.25) is 0 Å². The van der Waals surface area contributed by atoms with E-state index in [1.165, 1.54) is 30.4 Å². The number of rotatable bonds is 6. The van der Waals surface area contributed by atoms with E-state index in [0.717, 1.165) is 5.56 Å². The number of hydrogen-bond acceptors (Lipinski definition) is 5. The Bertz CT molecular complexity index is 875. The van der Waals surface area contributed by atoms with Crippen LogP contribution in [0, 0.1) is 11.3 Å². The first kappa shape index (κ1) is 18.6. The zero-order valence-corrected chi connectivity index (χ0v) is 14.1. The van der Waals surface area contributed by atoms with Crippen LogP contribution in [-0.2, 0) is 11.3 Å². The van der Waals surface area contributed by atoms with Gasteiger partial charge in [-0.2, -0.15) is 5.26 Å². The molecule has 0 aromatic heterocycles. The Morgan fingerprint density at radius 3 is 2.58 bits per heavy atom. The second kappa shape index (κ2) is 8.94. The first-order valence-corrected chi connectivity index (χ1v) is 7.75. The second-order valence-electron chi connectivity index (χ2n) is 5.33. The fourth-order valence-electron chi connectivity index (χ4n) is 2.25. The topological polar surface area (TPSA) is 103 Å². The number of phenolic OH excluding ortho intramolecular Hbond substituents is 2. The van der Waals surface area contributed by atoms with Gasteiger partial charge < -0.3 is 20.3 Å². The highest BCUT2D eigenvalue weighted by Gasteiger charge is 2.09. The van der Waals surface area contributed by atoms with Crippen LogP contribution >= 0.6 is 0 Å². The first-order chi connectivity index (χ1) is 12.5. The fourth-order valence-corrected chi connectivity index (χ4v) is 2.25. The molecule has 0 atom stereocenters. The van der Waals surface area contributed by atoms with E-state index in [1.807, 2.05) is 24.3 Å². The summed E-state index contributed by atoms with van der Waals surface area (Å²) in [5.74, 6) is -0.0203. The van der Waals surface area contributed by atoms with Crippen molar-refractivity contribution < 1.29 is 19.7 Å². The van der Waals surface area contributed by atoms with Crippen molar-refractivity contribution in [3.63, 3.8) is 0 Å². The molecule has 0 fully saturated rings. The van der Waals surface area contributed by atoms with Crippen LogP contribution in [0.15, 0.2) is 60.2 Å². The van der Waals surface area contributed by atoms with Gasteiger partial charge in [0, 0.05) is 18.2 Å². The summed E-state index contributed by atoms with van der Waals surface area (Å²) in [6.45, 7) is 0.228. The quantitative estimate of drug-likeness (QED) is 0.422. The highest BCUT2D eigenvalue weighted by Crippen LogP contribution is 2.21. The van der Waals surface area contributed by atoms with Gasteiger partial charge in [0.1, 0.15) is 28.9 Å². The summed E-state index contributed by atoms with van der Waals surface area (Å²) in [7, 11) is 1.55. The third kappa shape index (κ3) is 5.14. The minimum absolute atomic E-state index is 0.0690. The summed E-state index contributed by atoms with van der Waals surface area (Å²) in [4.78, 5) is 12.1. The summed E-state index contributed by atoms with van der Waals surface area (Å²) < 4.78 is 5.21. The third-order valence-electron chi connectivity index (χ3n) is 3.47. The molecule has 3 N–H and O–H groups in total. The molecular weight excluding hydrogens is 332 g/mol. The Hall–Kier alpha value is -3.72. The van der Waals surface area contributed by atoms with E-state index in [2.05, 4.69) is 5.32 Å². The first-order valence-electron chi connectivity index (χ1n) is 7.75. The summed E-state index contributed by atoms with van der Waals surface area (Å²) in [5.41, 5.74) is 1.26. The predicted molar refractivity (Wildman–Crippen MR) is 97.3 cm³/mol. The fraction of sp³-hybridized carbons (Fsp3) is 0.100. The number of aromatic hydroxyl groups is 2. The lowest BCUT2D eigenvalue weighted by atomic mass is 10.1. The molecule has 0 radical (unpaired) electrons. The molecule has 26 heavy (non-hydrogen) atoms. The Morgan fingerprint density at radius 1 is 1.23 bits per heavy atom. The van der Waals surface area contributed by atoms with Crippen molar-refractivity contribution in [2.45, 2.75) is 6.54 Å². The van der Waals surface area contributed by atoms with E-state index in [1.54, 1.807) is 19.3 Å². The molecule has 6 heteroatoms. The molecule has 0 heterocycles. The molecule has 0 bridgehead atoms.